The smallest absolute Gasteiger partial charge is 0.316 e. The third-order valence-corrected chi connectivity index (χ3v) is 4.03. The second-order valence-corrected chi connectivity index (χ2v) is 5.47. The van der Waals surface area contributed by atoms with Crippen LogP contribution in [0.5, 0.6) is 0 Å². The van der Waals surface area contributed by atoms with E-state index in [0.29, 0.717) is 24.6 Å². The van der Waals surface area contributed by atoms with Crippen molar-refractivity contribution in [3.8, 4) is 0 Å². The van der Waals surface area contributed by atoms with Gasteiger partial charge in [-0.2, -0.15) is 13.2 Å². The van der Waals surface area contributed by atoms with Crippen molar-refractivity contribution in [1.29, 1.82) is 0 Å². The Labute approximate surface area is 134 Å². The molecule has 1 aromatic carbocycles. The molecule has 21 heavy (non-hydrogen) atoms. The Balaban J connectivity index is 0.00000110. The average molecular weight is 343 g/mol. The topological polar surface area (TPSA) is 15.3 Å². The van der Waals surface area contributed by atoms with Crippen LogP contribution in [0.2, 0.25) is 0 Å². The van der Waals surface area contributed by atoms with Gasteiger partial charge in [-0.05, 0) is 42.6 Å². The summed E-state index contributed by atoms with van der Waals surface area (Å²) < 4.78 is 38.8. The Bertz CT molecular complexity index is 474. The van der Waals surface area contributed by atoms with Gasteiger partial charge in [-0.3, -0.25) is 4.90 Å². The van der Waals surface area contributed by atoms with Gasteiger partial charge in [-0.15, -0.1) is 24.8 Å². The highest BCUT2D eigenvalue weighted by molar-refractivity contribution is 5.85. The molecule has 0 bridgehead atoms. The maximum atomic E-state index is 12.9. The molecule has 2 aliphatic rings. The number of rotatable bonds is 2. The Morgan fingerprint density at radius 3 is 2.57 bits per heavy atom. The predicted molar refractivity (Wildman–Crippen MR) is 81.0 cm³/mol. The fraction of sp³-hybridized carbons (Fsp3) is 0.571. The first-order valence-electron chi connectivity index (χ1n) is 6.65. The number of nitrogens with zero attached hydrogens (tertiary/aromatic N) is 1. The third-order valence-electron chi connectivity index (χ3n) is 4.03. The highest BCUT2D eigenvalue weighted by Crippen LogP contribution is 2.37. The van der Waals surface area contributed by atoms with Gasteiger partial charge in [0.15, 0.2) is 0 Å². The molecular weight excluding hydrogens is 324 g/mol. The Morgan fingerprint density at radius 1 is 1.19 bits per heavy atom. The summed E-state index contributed by atoms with van der Waals surface area (Å²) in [5, 5.41) is 3.30. The van der Waals surface area contributed by atoms with E-state index in [4.69, 9.17) is 0 Å². The van der Waals surface area contributed by atoms with E-state index in [2.05, 4.69) is 10.2 Å². The third kappa shape index (κ3) is 4.03. The molecule has 7 heteroatoms. The maximum Gasteiger partial charge on any atom is 0.416 e. The van der Waals surface area contributed by atoms with Crippen LogP contribution < -0.4 is 5.32 Å². The number of nitrogens with one attached hydrogen (secondary N) is 1. The number of halogens is 5. The average Bonchev–Trinajstić information content (AvgIpc) is 2.95. The molecule has 1 N–H and O–H groups in total. The Kier molecular flexibility index (Phi) is 6.35. The molecule has 0 radical (unpaired) electrons. The molecule has 0 aromatic heterocycles. The second kappa shape index (κ2) is 7.18. The summed E-state index contributed by atoms with van der Waals surface area (Å²) in [6, 6.07) is 4.53. The SMILES string of the molecule is Cl.Cl.FC(F)(F)c1cccc2c1CN(CC1CCNC1)C2. The molecule has 0 spiro atoms. The zero-order valence-corrected chi connectivity index (χ0v) is 13.1. The lowest BCUT2D eigenvalue weighted by Gasteiger charge is -2.19. The summed E-state index contributed by atoms with van der Waals surface area (Å²) in [4.78, 5) is 2.14. The molecule has 0 amide bonds. The van der Waals surface area contributed by atoms with Crippen LogP contribution in [-0.4, -0.2) is 24.5 Å². The van der Waals surface area contributed by atoms with Crippen molar-refractivity contribution in [2.75, 3.05) is 19.6 Å². The minimum atomic E-state index is -4.24. The Morgan fingerprint density at radius 2 is 1.95 bits per heavy atom. The molecule has 1 atom stereocenters. The van der Waals surface area contributed by atoms with Crippen molar-refractivity contribution in [2.24, 2.45) is 5.92 Å². The quantitative estimate of drug-likeness (QED) is 0.885. The molecule has 0 saturated carbocycles. The first-order chi connectivity index (χ1) is 9.04. The van der Waals surface area contributed by atoms with E-state index < -0.39 is 11.7 Å². The molecular formula is C14H19Cl2F3N2. The molecule has 1 aromatic rings. The summed E-state index contributed by atoms with van der Waals surface area (Å²) in [6.07, 6.45) is -3.12. The summed E-state index contributed by atoms with van der Waals surface area (Å²) in [6.45, 7) is 3.98. The van der Waals surface area contributed by atoms with Crippen molar-refractivity contribution in [1.82, 2.24) is 10.2 Å². The lowest BCUT2D eigenvalue weighted by molar-refractivity contribution is -0.138. The minimum Gasteiger partial charge on any atom is -0.316 e. The van der Waals surface area contributed by atoms with Gasteiger partial charge in [0.1, 0.15) is 0 Å². The van der Waals surface area contributed by atoms with Crippen LogP contribution in [-0.2, 0) is 19.3 Å². The van der Waals surface area contributed by atoms with E-state index in [9.17, 15) is 13.2 Å². The van der Waals surface area contributed by atoms with E-state index in [0.717, 1.165) is 31.6 Å². The lowest BCUT2D eigenvalue weighted by Crippen LogP contribution is -2.26. The number of hydrogen-bond donors (Lipinski definition) is 1. The van der Waals surface area contributed by atoms with Crippen LogP contribution >= 0.6 is 24.8 Å². The summed E-state index contributed by atoms with van der Waals surface area (Å²) in [5.41, 5.74) is 0.846. The number of fused-ring (bicyclic) bond motifs is 1. The fourth-order valence-corrected chi connectivity index (χ4v) is 3.12. The molecule has 3 rings (SSSR count). The fourth-order valence-electron chi connectivity index (χ4n) is 3.12. The van der Waals surface area contributed by atoms with Gasteiger partial charge in [-0.25, -0.2) is 0 Å². The first kappa shape index (κ1) is 18.6. The van der Waals surface area contributed by atoms with E-state index in [1.165, 1.54) is 12.1 Å². The monoisotopic (exact) mass is 342 g/mol. The van der Waals surface area contributed by atoms with Gasteiger partial charge in [0.25, 0.3) is 0 Å². The van der Waals surface area contributed by atoms with Crippen molar-refractivity contribution in [2.45, 2.75) is 25.7 Å². The van der Waals surface area contributed by atoms with E-state index in [1.807, 2.05) is 6.07 Å². The van der Waals surface area contributed by atoms with Crippen LogP contribution in [0.3, 0.4) is 0 Å². The van der Waals surface area contributed by atoms with Crippen molar-refractivity contribution < 1.29 is 13.2 Å². The largest absolute Gasteiger partial charge is 0.416 e. The summed E-state index contributed by atoms with van der Waals surface area (Å²) in [5.74, 6) is 0.573. The molecule has 2 aliphatic heterocycles. The van der Waals surface area contributed by atoms with E-state index in [1.54, 1.807) is 0 Å². The molecule has 1 saturated heterocycles. The molecule has 120 valence electrons. The van der Waals surface area contributed by atoms with Gasteiger partial charge < -0.3 is 5.32 Å². The van der Waals surface area contributed by atoms with Crippen molar-refractivity contribution in [3.63, 3.8) is 0 Å². The highest BCUT2D eigenvalue weighted by Gasteiger charge is 2.36. The van der Waals surface area contributed by atoms with Crippen molar-refractivity contribution >= 4 is 24.8 Å². The minimum absolute atomic E-state index is 0. The van der Waals surface area contributed by atoms with E-state index in [-0.39, 0.29) is 24.8 Å². The van der Waals surface area contributed by atoms with Gasteiger partial charge in [0, 0.05) is 19.6 Å². The maximum absolute atomic E-state index is 12.9. The molecule has 1 fully saturated rings. The predicted octanol–water partition coefficient (Wildman–Crippen LogP) is 3.47. The normalized spacial score (nSPS) is 21.6. The van der Waals surface area contributed by atoms with Crippen LogP contribution in [0.4, 0.5) is 13.2 Å². The number of benzene rings is 1. The lowest BCUT2D eigenvalue weighted by atomic mass is 10.0. The standard InChI is InChI=1S/C14H17F3N2.2ClH/c15-14(16,17)13-3-1-2-11-8-19(9-12(11)13)7-10-4-5-18-6-10;;/h1-3,10,18H,4-9H2;2*1H. The van der Waals surface area contributed by atoms with Gasteiger partial charge >= 0.3 is 6.18 Å². The molecule has 0 aliphatic carbocycles. The van der Waals surface area contributed by atoms with Gasteiger partial charge in [0.05, 0.1) is 5.56 Å². The van der Waals surface area contributed by atoms with Crippen LogP contribution in [0.25, 0.3) is 0 Å². The second-order valence-electron chi connectivity index (χ2n) is 5.47. The Hall–Kier alpha value is -0.490. The summed E-state index contributed by atoms with van der Waals surface area (Å²) in [7, 11) is 0. The first-order valence-corrected chi connectivity index (χ1v) is 6.65. The zero-order chi connectivity index (χ0) is 13.5. The zero-order valence-electron chi connectivity index (χ0n) is 11.4. The number of alkyl halides is 3. The molecule has 2 heterocycles. The molecule has 1 unspecified atom stereocenters. The summed E-state index contributed by atoms with van der Waals surface area (Å²) >= 11 is 0. The van der Waals surface area contributed by atoms with Crippen molar-refractivity contribution in [3.05, 3.63) is 34.9 Å². The highest BCUT2D eigenvalue weighted by atomic mass is 35.5. The van der Waals surface area contributed by atoms with Crippen LogP contribution in [0.1, 0.15) is 23.1 Å². The van der Waals surface area contributed by atoms with Crippen LogP contribution in [0.15, 0.2) is 18.2 Å². The molecule has 2 nitrogen and oxygen atoms in total. The number of hydrogen-bond acceptors (Lipinski definition) is 2. The van der Waals surface area contributed by atoms with Gasteiger partial charge in [0.2, 0.25) is 0 Å². The van der Waals surface area contributed by atoms with E-state index >= 15 is 0 Å². The van der Waals surface area contributed by atoms with Gasteiger partial charge in [-0.1, -0.05) is 12.1 Å². The van der Waals surface area contributed by atoms with Crippen LogP contribution in [0, 0.1) is 5.92 Å².